The Bertz CT molecular complexity index is 580. The Morgan fingerprint density at radius 2 is 2.21 bits per heavy atom. The standard InChI is InChI=1S/C12H15ClN4O2/c1-2-19-11-9-7-14-17(8-3-5-18-6-4-8)10(9)15-12(13)16-11/h7-8H,2-6H2,1H3. The smallest absolute Gasteiger partial charge is 0.229 e. The third-order valence-electron chi connectivity index (χ3n) is 3.21. The fourth-order valence-electron chi connectivity index (χ4n) is 2.32. The Balaban J connectivity index is 2.06. The molecule has 0 atom stereocenters. The van der Waals surface area contributed by atoms with Crippen molar-refractivity contribution in [1.29, 1.82) is 0 Å². The van der Waals surface area contributed by atoms with Gasteiger partial charge in [0.1, 0.15) is 5.39 Å². The van der Waals surface area contributed by atoms with Gasteiger partial charge in [-0.05, 0) is 31.4 Å². The fourth-order valence-corrected chi connectivity index (χ4v) is 2.47. The molecular weight excluding hydrogens is 268 g/mol. The summed E-state index contributed by atoms with van der Waals surface area (Å²) in [6, 6.07) is 0.298. The van der Waals surface area contributed by atoms with Crippen LogP contribution in [-0.4, -0.2) is 39.6 Å². The summed E-state index contributed by atoms with van der Waals surface area (Å²) in [4.78, 5) is 8.39. The lowest BCUT2D eigenvalue weighted by atomic mass is 10.1. The van der Waals surface area contributed by atoms with E-state index in [1.807, 2.05) is 11.6 Å². The Hall–Kier alpha value is -1.40. The number of halogens is 1. The molecule has 2 aromatic heterocycles. The third-order valence-corrected chi connectivity index (χ3v) is 3.38. The largest absolute Gasteiger partial charge is 0.477 e. The van der Waals surface area contributed by atoms with Crippen LogP contribution in [0.4, 0.5) is 0 Å². The Labute approximate surface area is 115 Å². The molecule has 0 bridgehead atoms. The zero-order valence-corrected chi connectivity index (χ0v) is 11.4. The molecular formula is C12H15ClN4O2. The summed E-state index contributed by atoms with van der Waals surface area (Å²) >= 11 is 5.96. The molecule has 1 aliphatic heterocycles. The van der Waals surface area contributed by atoms with E-state index in [0.29, 0.717) is 18.5 Å². The van der Waals surface area contributed by atoms with Gasteiger partial charge in [0.25, 0.3) is 0 Å². The molecule has 2 aromatic rings. The Morgan fingerprint density at radius 3 is 2.95 bits per heavy atom. The molecule has 0 unspecified atom stereocenters. The lowest BCUT2D eigenvalue weighted by Gasteiger charge is -2.22. The monoisotopic (exact) mass is 282 g/mol. The van der Waals surface area contributed by atoms with E-state index in [1.54, 1.807) is 6.20 Å². The molecule has 0 aromatic carbocycles. The number of fused-ring (bicyclic) bond motifs is 1. The molecule has 19 heavy (non-hydrogen) atoms. The molecule has 0 amide bonds. The number of hydrogen-bond acceptors (Lipinski definition) is 5. The van der Waals surface area contributed by atoms with Gasteiger partial charge in [-0.1, -0.05) is 0 Å². The van der Waals surface area contributed by atoms with Crippen LogP contribution in [0, 0.1) is 0 Å². The minimum absolute atomic E-state index is 0.185. The molecule has 0 radical (unpaired) electrons. The highest BCUT2D eigenvalue weighted by Crippen LogP contribution is 2.29. The van der Waals surface area contributed by atoms with Crippen molar-refractivity contribution < 1.29 is 9.47 Å². The number of hydrogen-bond donors (Lipinski definition) is 0. The molecule has 1 saturated heterocycles. The zero-order chi connectivity index (χ0) is 13.2. The molecule has 0 aliphatic carbocycles. The van der Waals surface area contributed by atoms with E-state index in [0.717, 1.165) is 37.1 Å². The van der Waals surface area contributed by atoms with Gasteiger partial charge in [-0.2, -0.15) is 15.1 Å². The van der Waals surface area contributed by atoms with Gasteiger partial charge in [0, 0.05) is 13.2 Å². The molecule has 0 spiro atoms. The number of nitrogens with zero attached hydrogens (tertiary/aromatic N) is 4. The number of rotatable bonds is 3. The van der Waals surface area contributed by atoms with Crippen LogP contribution in [0.1, 0.15) is 25.8 Å². The van der Waals surface area contributed by atoms with Crippen molar-refractivity contribution in [3.05, 3.63) is 11.5 Å². The summed E-state index contributed by atoms with van der Waals surface area (Å²) in [5, 5.41) is 5.41. The van der Waals surface area contributed by atoms with Crippen molar-refractivity contribution in [3.8, 4) is 5.88 Å². The number of ether oxygens (including phenoxy) is 2. The van der Waals surface area contributed by atoms with Crippen molar-refractivity contribution in [2.24, 2.45) is 0 Å². The first-order chi connectivity index (χ1) is 9.29. The maximum Gasteiger partial charge on any atom is 0.229 e. The second-order valence-corrected chi connectivity index (χ2v) is 4.74. The lowest BCUT2D eigenvalue weighted by molar-refractivity contribution is 0.0673. The van der Waals surface area contributed by atoms with Crippen LogP contribution in [0.3, 0.4) is 0 Å². The van der Waals surface area contributed by atoms with Crippen LogP contribution in [0.2, 0.25) is 5.28 Å². The molecule has 6 nitrogen and oxygen atoms in total. The van der Waals surface area contributed by atoms with Crippen LogP contribution in [0.25, 0.3) is 11.0 Å². The van der Waals surface area contributed by atoms with E-state index in [-0.39, 0.29) is 5.28 Å². The van der Waals surface area contributed by atoms with Gasteiger partial charge in [-0.3, -0.25) is 0 Å². The summed E-state index contributed by atoms with van der Waals surface area (Å²) in [7, 11) is 0. The van der Waals surface area contributed by atoms with Crippen LogP contribution in [0.5, 0.6) is 5.88 Å². The van der Waals surface area contributed by atoms with Gasteiger partial charge < -0.3 is 9.47 Å². The van der Waals surface area contributed by atoms with Crippen LogP contribution in [-0.2, 0) is 4.74 Å². The predicted molar refractivity (Wildman–Crippen MR) is 70.6 cm³/mol. The minimum Gasteiger partial charge on any atom is -0.477 e. The Morgan fingerprint density at radius 1 is 1.42 bits per heavy atom. The van der Waals surface area contributed by atoms with Gasteiger partial charge in [0.05, 0.1) is 18.8 Å². The van der Waals surface area contributed by atoms with E-state index in [4.69, 9.17) is 21.1 Å². The van der Waals surface area contributed by atoms with Crippen molar-refractivity contribution in [2.45, 2.75) is 25.8 Å². The molecule has 3 heterocycles. The quantitative estimate of drug-likeness (QED) is 0.808. The second kappa shape index (κ2) is 5.30. The van der Waals surface area contributed by atoms with Gasteiger partial charge in [0.15, 0.2) is 5.65 Å². The highest BCUT2D eigenvalue weighted by molar-refractivity contribution is 6.28. The van der Waals surface area contributed by atoms with E-state index >= 15 is 0 Å². The molecule has 102 valence electrons. The molecule has 0 N–H and O–H groups in total. The summed E-state index contributed by atoms with van der Waals surface area (Å²) in [5.41, 5.74) is 0.732. The highest BCUT2D eigenvalue weighted by atomic mass is 35.5. The first-order valence-corrected chi connectivity index (χ1v) is 6.78. The van der Waals surface area contributed by atoms with Gasteiger partial charge >= 0.3 is 0 Å². The fraction of sp³-hybridized carbons (Fsp3) is 0.583. The van der Waals surface area contributed by atoms with Gasteiger partial charge in [-0.15, -0.1) is 0 Å². The maximum absolute atomic E-state index is 5.96. The SMILES string of the molecule is CCOc1nc(Cl)nc2c1cnn2C1CCOCC1. The first-order valence-electron chi connectivity index (χ1n) is 6.41. The van der Waals surface area contributed by atoms with E-state index < -0.39 is 0 Å². The van der Waals surface area contributed by atoms with E-state index in [2.05, 4.69) is 15.1 Å². The second-order valence-electron chi connectivity index (χ2n) is 4.40. The van der Waals surface area contributed by atoms with Crippen LogP contribution >= 0.6 is 11.6 Å². The van der Waals surface area contributed by atoms with Crippen LogP contribution in [0.15, 0.2) is 6.20 Å². The molecule has 1 fully saturated rings. The Kier molecular flexibility index (Phi) is 3.52. The summed E-state index contributed by atoms with van der Waals surface area (Å²) in [6.45, 7) is 3.95. The summed E-state index contributed by atoms with van der Waals surface area (Å²) < 4.78 is 12.8. The maximum atomic E-state index is 5.96. The van der Waals surface area contributed by atoms with Gasteiger partial charge in [-0.25, -0.2) is 4.68 Å². The molecule has 3 rings (SSSR count). The summed E-state index contributed by atoms with van der Waals surface area (Å²) in [5.74, 6) is 0.496. The van der Waals surface area contributed by atoms with E-state index in [9.17, 15) is 0 Å². The van der Waals surface area contributed by atoms with Crippen molar-refractivity contribution >= 4 is 22.6 Å². The third kappa shape index (κ3) is 2.37. The van der Waals surface area contributed by atoms with Gasteiger partial charge in [0.2, 0.25) is 11.2 Å². The number of aromatic nitrogens is 4. The molecule has 0 saturated carbocycles. The van der Waals surface area contributed by atoms with E-state index in [1.165, 1.54) is 0 Å². The minimum atomic E-state index is 0.185. The average molecular weight is 283 g/mol. The first kappa shape index (κ1) is 12.6. The highest BCUT2D eigenvalue weighted by Gasteiger charge is 2.21. The van der Waals surface area contributed by atoms with Crippen molar-refractivity contribution in [3.63, 3.8) is 0 Å². The predicted octanol–water partition coefficient (Wildman–Crippen LogP) is 2.23. The van der Waals surface area contributed by atoms with Crippen molar-refractivity contribution in [1.82, 2.24) is 19.7 Å². The zero-order valence-electron chi connectivity index (χ0n) is 10.7. The summed E-state index contributed by atoms with van der Waals surface area (Å²) in [6.07, 6.45) is 3.61. The average Bonchev–Trinajstić information content (AvgIpc) is 2.84. The lowest BCUT2D eigenvalue weighted by Crippen LogP contribution is -2.20. The molecule has 7 heteroatoms. The van der Waals surface area contributed by atoms with Crippen molar-refractivity contribution in [2.75, 3.05) is 19.8 Å². The van der Waals surface area contributed by atoms with Crippen LogP contribution < -0.4 is 4.74 Å². The topological polar surface area (TPSA) is 62.1 Å². The molecule has 1 aliphatic rings. The normalized spacial score (nSPS) is 16.9.